The van der Waals surface area contributed by atoms with Crippen LogP contribution in [0.4, 0.5) is 9.80 Å². The van der Waals surface area contributed by atoms with Gasteiger partial charge in [-0.2, -0.15) is 0 Å². The van der Waals surface area contributed by atoms with Crippen LogP contribution < -0.4 is 10.6 Å². The van der Waals surface area contributed by atoms with Gasteiger partial charge < -0.3 is 15.5 Å². The number of hydrogen-bond acceptors (Lipinski definition) is 4. The third-order valence-electron chi connectivity index (χ3n) is 3.59. The lowest BCUT2D eigenvalue weighted by Crippen LogP contribution is -2.40. The Morgan fingerprint density at radius 3 is 2.55 bits per heavy atom. The first-order valence-corrected chi connectivity index (χ1v) is 7.26. The predicted octanol–water partition coefficient (Wildman–Crippen LogP) is 1.96. The van der Waals surface area contributed by atoms with Crippen molar-refractivity contribution in [3.8, 4) is 0 Å². The van der Waals surface area contributed by atoms with Gasteiger partial charge in [-0.1, -0.05) is 0 Å². The summed E-state index contributed by atoms with van der Waals surface area (Å²) in [5, 5.41) is 24.0. The monoisotopic (exact) mass is 298 g/mol. The largest absolute Gasteiger partial charge is 0.478 e. The summed E-state index contributed by atoms with van der Waals surface area (Å²) in [7, 11) is 0. The molecule has 0 aromatic carbocycles. The quantitative estimate of drug-likeness (QED) is 0.683. The molecule has 0 saturated heterocycles. The van der Waals surface area contributed by atoms with Crippen LogP contribution in [0.1, 0.15) is 33.6 Å². The number of carbonyl (C=O) groups excluding carboxylic acids is 1. The van der Waals surface area contributed by atoms with E-state index in [0.29, 0.717) is 35.9 Å². The molecule has 1 aromatic rings. The van der Waals surface area contributed by atoms with Crippen molar-refractivity contribution in [2.75, 3.05) is 11.9 Å². The number of anilines is 1. The molecule has 2 rings (SSSR count). The Balaban J connectivity index is 1.94. The maximum Gasteiger partial charge on any atom is 0.338 e. The highest BCUT2D eigenvalue weighted by Gasteiger charge is 2.27. The standard InChI is InChI=1S/C13H18N2O4S/c1-6-7(2)20-11(10(6)12(17)18)15-13(19)14-5-8-3-9(16)4-8/h8-9,16H,3-5H2,1-2H3,(H,17,18)(H2,14,15,19). The van der Waals surface area contributed by atoms with E-state index >= 15 is 0 Å². The van der Waals surface area contributed by atoms with Crippen molar-refractivity contribution < 1.29 is 19.8 Å². The van der Waals surface area contributed by atoms with Crippen LogP contribution in [0, 0.1) is 19.8 Å². The second-order valence-corrected chi connectivity index (χ2v) is 6.34. The van der Waals surface area contributed by atoms with E-state index in [9.17, 15) is 14.7 Å². The normalized spacial score (nSPS) is 21.1. The van der Waals surface area contributed by atoms with E-state index in [1.54, 1.807) is 6.92 Å². The molecule has 0 bridgehead atoms. The van der Waals surface area contributed by atoms with E-state index in [0.717, 1.165) is 4.88 Å². The van der Waals surface area contributed by atoms with Crippen LogP contribution in [-0.4, -0.2) is 34.9 Å². The van der Waals surface area contributed by atoms with Gasteiger partial charge in [0.1, 0.15) is 5.00 Å². The van der Waals surface area contributed by atoms with Crippen LogP contribution in [0.2, 0.25) is 0 Å². The Bertz CT molecular complexity index is 535. The molecule has 1 fully saturated rings. The average molecular weight is 298 g/mol. The van der Waals surface area contributed by atoms with E-state index in [4.69, 9.17) is 5.11 Å². The van der Waals surface area contributed by atoms with Gasteiger partial charge in [0.05, 0.1) is 11.7 Å². The molecule has 1 aliphatic rings. The van der Waals surface area contributed by atoms with E-state index in [2.05, 4.69) is 10.6 Å². The molecule has 0 spiro atoms. The zero-order valence-electron chi connectivity index (χ0n) is 11.4. The topological polar surface area (TPSA) is 98.7 Å². The number of aliphatic hydroxyl groups excluding tert-OH is 1. The highest BCUT2D eigenvalue weighted by atomic mass is 32.1. The van der Waals surface area contributed by atoms with Gasteiger partial charge in [-0.05, 0) is 38.2 Å². The van der Waals surface area contributed by atoms with Crippen LogP contribution in [-0.2, 0) is 0 Å². The molecule has 110 valence electrons. The van der Waals surface area contributed by atoms with Crippen molar-refractivity contribution in [1.82, 2.24) is 5.32 Å². The minimum Gasteiger partial charge on any atom is -0.478 e. The van der Waals surface area contributed by atoms with Gasteiger partial charge in [0.2, 0.25) is 0 Å². The maximum absolute atomic E-state index is 11.8. The Morgan fingerprint density at radius 1 is 1.35 bits per heavy atom. The SMILES string of the molecule is Cc1sc(NC(=O)NCC2CC(O)C2)c(C(=O)O)c1C. The summed E-state index contributed by atoms with van der Waals surface area (Å²) in [5.41, 5.74) is 0.835. The van der Waals surface area contributed by atoms with Crippen LogP contribution >= 0.6 is 11.3 Å². The first-order chi connectivity index (χ1) is 9.38. The molecule has 1 aliphatic carbocycles. The number of aromatic carboxylic acids is 1. The molecule has 1 aromatic heterocycles. The second kappa shape index (κ2) is 5.80. The minimum absolute atomic E-state index is 0.154. The Labute approximate surface area is 120 Å². The summed E-state index contributed by atoms with van der Waals surface area (Å²) >= 11 is 1.26. The average Bonchev–Trinajstić information content (AvgIpc) is 2.59. The van der Waals surface area contributed by atoms with Crippen molar-refractivity contribution in [3.63, 3.8) is 0 Å². The molecule has 0 radical (unpaired) electrons. The van der Waals surface area contributed by atoms with Crippen molar-refractivity contribution in [2.24, 2.45) is 5.92 Å². The number of hydrogen-bond donors (Lipinski definition) is 4. The fourth-order valence-electron chi connectivity index (χ4n) is 2.22. The van der Waals surface area contributed by atoms with Gasteiger partial charge in [-0.3, -0.25) is 5.32 Å². The zero-order valence-corrected chi connectivity index (χ0v) is 12.2. The number of aliphatic hydroxyl groups is 1. The highest BCUT2D eigenvalue weighted by molar-refractivity contribution is 7.16. The lowest BCUT2D eigenvalue weighted by atomic mass is 9.82. The van der Waals surface area contributed by atoms with Gasteiger partial charge in [-0.15, -0.1) is 11.3 Å². The predicted molar refractivity (Wildman–Crippen MR) is 76.5 cm³/mol. The molecule has 0 unspecified atom stereocenters. The lowest BCUT2D eigenvalue weighted by molar-refractivity contribution is 0.0443. The lowest BCUT2D eigenvalue weighted by Gasteiger charge is -2.31. The molecule has 20 heavy (non-hydrogen) atoms. The van der Waals surface area contributed by atoms with E-state index in [-0.39, 0.29) is 11.7 Å². The molecule has 0 atom stereocenters. The first-order valence-electron chi connectivity index (χ1n) is 6.44. The molecule has 7 heteroatoms. The van der Waals surface area contributed by atoms with Crippen molar-refractivity contribution >= 4 is 28.3 Å². The number of urea groups is 1. The number of thiophene rings is 1. The smallest absolute Gasteiger partial charge is 0.338 e. The van der Waals surface area contributed by atoms with Gasteiger partial charge in [0.25, 0.3) is 0 Å². The first kappa shape index (κ1) is 14.8. The molecule has 4 N–H and O–H groups in total. The Kier molecular flexibility index (Phi) is 4.29. The van der Waals surface area contributed by atoms with Gasteiger partial charge in [0.15, 0.2) is 0 Å². The number of carboxylic acid groups (broad SMARTS) is 1. The molecular formula is C13H18N2O4S. The number of amides is 2. The molecule has 0 aliphatic heterocycles. The summed E-state index contributed by atoms with van der Waals surface area (Å²) in [6.07, 6.45) is 1.17. The summed E-state index contributed by atoms with van der Waals surface area (Å²) in [6, 6.07) is -0.407. The van der Waals surface area contributed by atoms with Crippen molar-refractivity contribution in [3.05, 3.63) is 16.0 Å². The number of aryl methyl sites for hydroxylation is 1. The molecule has 2 amide bonds. The van der Waals surface area contributed by atoms with Gasteiger partial charge in [0, 0.05) is 11.4 Å². The number of nitrogens with one attached hydrogen (secondary N) is 2. The summed E-state index contributed by atoms with van der Waals surface area (Å²) < 4.78 is 0. The summed E-state index contributed by atoms with van der Waals surface area (Å²) in [4.78, 5) is 23.8. The fourth-order valence-corrected chi connectivity index (χ4v) is 3.27. The molecule has 6 nitrogen and oxygen atoms in total. The third-order valence-corrected chi connectivity index (χ3v) is 4.71. The Morgan fingerprint density at radius 2 is 2.00 bits per heavy atom. The van der Waals surface area contributed by atoms with Crippen molar-refractivity contribution in [1.29, 1.82) is 0 Å². The number of carbonyl (C=O) groups is 2. The zero-order chi connectivity index (χ0) is 14.9. The van der Waals surface area contributed by atoms with Crippen LogP contribution in [0.25, 0.3) is 0 Å². The van der Waals surface area contributed by atoms with Gasteiger partial charge >= 0.3 is 12.0 Å². The van der Waals surface area contributed by atoms with Crippen LogP contribution in [0.5, 0.6) is 0 Å². The molecular weight excluding hydrogens is 280 g/mol. The summed E-state index contributed by atoms with van der Waals surface area (Å²) in [6.45, 7) is 4.05. The molecule has 1 saturated carbocycles. The van der Waals surface area contributed by atoms with E-state index in [1.807, 2.05) is 6.92 Å². The van der Waals surface area contributed by atoms with E-state index in [1.165, 1.54) is 11.3 Å². The van der Waals surface area contributed by atoms with Crippen LogP contribution in [0.3, 0.4) is 0 Å². The second-order valence-electron chi connectivity index (χ2n) is 5.12. The van der Waals surface area contributed by atoms with E-state index < -0.39 is 12.0 Å². The fraction of sp³-hybridized carbons (Fsp3) is 0.538. The third kappa shape index (κ3) is 3.10. The number of carboxylic acids is 1. The van der Waals surface area contributed by atoms with Crippen molar-refractivity contribution in [2.45, 2.75) is 32.8 Å². The minimum atomic E-state index is -1.04. The van der Waals surface area contributed by atoms with Crippen LogP contribution in [0.15, 0.2) is 0 Å². The van der Waals surface area contributed by atoms with Gasteiger partial charge in [-0.25, -0.2) is 9.59 Å². The summed E-state index contributed by atoms with van der Waals surface area (Å²) in [5.74, 6) is -0.731. The highest BCUT2D eigenvalue weighted by Crippen LogP contribution is 2.32. The maximum atomic E-state index is 11.8. The molecule has 1 heterocycles. The number of rotatable bonds is 4. The Hall–Kier alpha value is -1.60.